The van der Waals surface area contributed by atoms with E-state index in [9.17, 15) is 29.8 Å². The van der Waals surface area contributed by atoms with Gasteiger partial charge in [-0.3, -0.25) is 25.0 Å². The minimum absolute atomic E-state index is 0.0182. The second-order valence-electron chi connectivity index (χ2n) is 6.30. The number of benzene rings is 3. The van der Waals surface area contributed by atoms with Crippen molar-refractivity contribution in [2.45, 2.75) is 0 Å². The Morgan fingerprint density at radius 3 is 1.78 bits per heavy atom. The molecule has 0 aliphatic carbocycles. The predicted octanol–water partition coefficient (Wildman–Crippen LogP) is 3.27. The van der Waals surface area contributed by atoms with Crippen LogP contribution in [0.1, 0.15) is 26.3 Å². The first-order valence-corrected chi connectivity index (χ1v) is 8.95. The highest BCUT2D eigenvalue weighted by molar-refractivity contribution is 6.51. The quantitative estimate of drug-likeness (QED) is 0.112. The van der Waals surface area contributed by atoms with Crippen LogP contribution < -0.4 is 10.6 Å². The van der Waals surface area contributed by atoms with Crippen molar-refractivity contribution in [1.82, 2.24) is 0 Å². The zero-order valence-corrected chi connectivity index (χ0v) is 16.2. The lowest BCUT2D eigenvalue weighted by Gasteiger charge is -2.11. The third kappa shape index (κ3) is 4.62. The van der Waals surface area contributed by atoms with Crippen LogP contribution in [-0.4, -0.2) is 27.3 Å². The number of hydrazone groups is 1. The zero-order valence-electron chi connectivity index (χ0n) is 16.2. The molecule has 0 saturated carbocycles. The average Bonchev–Trinajstić information content (AvgIpc) is 2.80. The Bertz CT molecular complexity index is 1240. The summed E-state index contributed by atoms with van der Waals surface area (Å²) in [6.07, 6.45) is 0. The molecule has 0 saturated heterocycles. The van der Waals surface area contributed by atoms with E-state index in [2.05, 4.69) is 5.10 Å². The van der Waals surface area contributed by atoms with Crippen LogP contribution in [0.5, 0.6) is 5.75 Å². The molecule has 3 aromatic rings. The molecule has 0 aliphatic heterocycles. The summed E-state index contributed by atoms with van der Waals surface area (Å²) in [5.74, 6) is 3.96. The summed E-state index contributed by atoms with van der Waals surface area (Å²) in [6, 6.07) is 15.7. The number of para-hydroxylation sites is 1. The number of ketones is 1. The molecule has 11 heteroatoms. The van der Waals surface area contributed by atoms with Gasteiger partial charge in [-0.25, -0.2) is 4.79 Å². The number of hydrogen-bond donors (Lipinski definition) is 1. The summed E-state index contributed by atoms with van der Waals surface area (Å²) in [6.45, 7) is 0. The van der Waals surface area contributed by atoms with Gasteiger partial charge in [0.05, 0.1) is 15.4 Å². The molecule has 0 amide bonds. The lowest BCUT2D eigenvalue weighted by atomic mass is 9.99. The fourth-order valence-corrected chi connectivity index (χ4v) is 2.75. The first-order chi connectivity index (χ1) is 15.3. The van der Waals surface area contributed by atoms with Crippen molar-refractivity contribution in [2.75, 3.05) is 0 Å². The van der Waals surface area contributed by atoms with E-state index in [0.717, 1.165) is 12.1 Å². The predicted molar refractivity (Wildman–Crippen MR) is 113 cm³/mol. The highest BCUT2D eigenvalue weighted by atomic mass is 16.6. The summed E-state index contributed by atoms with van der Waals surface area (Å²) < 4.78 is 5.36. The summed E-state index contributed by atoms with van der Waals surface area (Å²) >= 11 is 0. The van der Waals surface area contributed by atoms with Gasteiger partial charge in [0, 0.05) is 35.4 Å². The monoisotopic (exact) mass is 434 g/mol. The standard InChI is InChI=1S/C21H14N4O7/c22-23-19(20(26)13-5-9-15(10-6-13)24(28)29)17-3-1-2-4-18(17)32-21(27)14-7-11-16(12-8-14)25(30)31/h1-12H,22H2/b23-19+. The SMILES string of the molecule is N/N=C(/C(=O)c1ccc([N+](=O)[O-])cc1)c1ccccc1OC(=O)c1ccc([N+](=O)[O-])cc1. The number of non-ortho nitro benzene ring substituents is 2. The highest BCUT2D eigenvalue weighted by Gasteiger charge is 2.22. The van der Waals surface area contributed by atoms with Gasteiger partial charge in [0.15, 0.2) is 0 Å². The van der Waals surface area contributed by atoms with Gasteiger partial charge in [-0.15, -0.1) is 0 Å². The van der Waals surface area contributed by atoms with Crippen LogP contribution in [0.15, 0.2) is 77.9 Å². The summed E-state index contributed by atoms with van der Waals surface area (Å²) in [4.78, 5) is 45.7. The van der Waals surface area contributed by atoms with Gasteiger partial charge in [-0.05, 0) is 36.4 Å². The lowest BCUT2D eigenvalue weighted by Crippen LogP contribution is -2.20. The molecular formula is C21H14N4O7. The van der Waals surface area contributed by atoms with Crippen molar-refractivity contribution in [2.24, 2.45) is 10.9 Å². The first kappa shape index (κ1) is 21.8. The number of rotatable bonds is 7. The van der Waals surface area contributed by atoms with Crippen molar-refractivity contribution in [3.05, 3.63) is 110 Å². The molecule has 0 unspecified atom stereocenters. The Morgan fingerprint density at radius 2 is 1.28 bits per heavy atom. The van der Waals surface area contributed by atoms with Crippen LogP contribution in [0.25, 0.3) is 0 Å². The minimum atomic E-state index is -0.813. The van der Waals surface area contributed by atoms with Crippen LogP contribution in [0.4, 0.5) is 11.4 Å². The van der Waals surface area contributed by atoms with E-state index in [0.29, 0.717) is 0 Å². The largest absolute Gasteiger partial charge is 0.422 e. The third-order valence-electron chi connectivity index (χ3n) is 4.34. The number of hydrogen-bond acceptors (Lipinski definition) is 9. The smallest absolute Gasteiger partial charge is 0.343 e. The van der Waals surface area contributed by atoms with Crippen molar-refractivity contribution in [3.8, 4) is 5.75 Å². The molecule has 0 heterocycles. The van der Waals surface area contributed by atoms with E-state index in [1.54, 1.807) is 12.1 Å². The van der Waals surface area contributed by atoms with Crippen molar-refractivity contribution >= 4 is 28.8 Å². The molecule has 3 rings (SSSR count). The fourth-order valence-electron chi connectivity index (χ4n) is 2.75. The van der Waals surface area contributed by atoms with E-state index in [1.807, 2.05) is 0 Å². The minimum Gasteiger partial charge on any atom is -0.422 e. The number of carbonyl (C=O) groups is 2. The molecule has 0 aromatic heterocycles. The normalized spacial score (nSPS) is 10.9. The van der Waals surface area contributed by atoms with Crippen molar-refractivity contribution < 1.29 is 24.2 Å². The summed E-state index contributed by atoms with van der Waals surface area (Å²) in [5, 5.41) is 25.1. The molecule has 0 aliphatic rings. The van der Waals surface area contributed by atoms with Crippen molar-refractivity contribution in [1.29, 1.82) is 0 Å². The van der Waals surface area contributed by atoms with Crippen LogP contribution in [0, 0.1) is 20.2 Å². The first-order valence-electron chi connectivity index (χ1n) is 8.95. The van der Waals surface area contributed by atoms with Gasteiger partial charge in [-0.2, -0.15) is 5.10 Å². The second kappa shape index (κ2) is 9.26. The van der Waals surface area contributed by atoms with Gasteiger partial charge in [-0.1, -0.05) is 12.1 Å². The molecule has 0 fully saturated rings. The maximum atomic E-state index is 12.9. The number of nitro benzene ring substituents is 2. The molecule has 0 bridgehead atoms. The van der Waals surface area contributed by atoms with Crippen molar-refractivity contribution in [3.63, 3.8) is 0 Å². The Hall–Kier alpha value is -4.93. The van der Waals surface area contributed by atoms with Crippen LogP contribution in [0.3, 0.4) is 0 Å². The van der Waals surface area contributed by atoms with Gasteiger partial charge >= 0.3 is 5.97 Å². The zero-order chi connectivity index (χ0) is 23.3. The van der Waals surface area contributed by atoms with Gasteiger partial charge < -0.3 is 10.6 Å². The molecule has 32 heavy (non-hydrogen) atoms. The molecule has 0 spiro atoms. The Morgan fingerprint density at radius 1 is 0.781 bits per heavy atom. The maximum Gasteiger partial charge on any atom is 0.343 e. The van der Waals surface area contributed by atoms with E-state index in [1.165, 1.54) is 48.5 Å². The molecule has 11 nitrogen and oxygen atoms in total. The fraction of sp³-hybridized carbons (Fsp3) is 0. The summed E-state index contributed by atoms with van der Waals surface area (Å²) in [5.41, 5.74) is -0.340. The number of carbonyl (C=O) groups excluding carboxylic acids is 2. The molecule has 0 atom stereocenters. The number of nitrogens with zero attached hydrogens (tertiary/aromatic N) is 3. The maximum absolute atomic E-state index is 12.9. The van der Waals surface area contributed by atoms with Crippen LogP contribution >= 0.6 is 0 Å². The molecule has 0 radical (unpaired) electrons. The Balaban J connectivity index is 1.88. The molecule has 2 N–H and O–H groups in total. The van der Waals surface area contributed by atoms with Crippen LogP contribution in [-0.2, 0) is 0 Å². The average molecular weight is 434 g/mol. The Kier molecular flexibility index (Phi) is 6.30. The van der Waals surface area contributed by atoms with Gasteiger partial charge in [0.25, 0.3) is 11.4 Å². The molecular weight excluding hydrogens is 420 g/mol. The van der Waals surface area contributed by atoms with E-state index in [4.69, 9.17) is 10.6 Å². The van der Waals surface area contributed by atoms with E-state index >= 15 is 0 Å². The van der Waals surface area contributed by atoms with E-state index < -0.39 is 21.6 Å². The molecule has 3 aromatic carbocycles. The number of nitro groups is 2. The molecule has 160 valence electrons. The van der Waals surface area contributed by atoms with Gasteiger partial charge in [0.1, 0.15) is 11.5 Å². The summed E-state index contributed by atoms with van der Waals surface area (Å²) in [7, 11) is 0. The number of esters is 1. The third-order valence-corrected chi connectivity index (χ3v) is 4.34. The highest BCUT2D eigenvalue weighted by Crippen LogP contribution is 2.23. The Labute approximate surface area is 180 Å². The lowest BCUT2D eigenvalue weighted by molar-refractivity contribution is -0.385. The number of Topliss-reactive ketones (excluding diaryl/α,β-unsaturated/α-hetero) is 1. The van der Waals surface area contributed by atoms with E-state index in [-0.39, 0.29) is 39.5 Å². The van der Waals surface area contributed by atoms with Crippen LogP contribution in [0.2, 0.25) is 0 Å². The number of nitrogens with two attached hydrogens (primary N) is 1. The second-order valence-corrected chi connectivity index (χ2v) is 6.30. The van der Waals surface area contributed by atoms with Gasteiger partial charge in [0.2, 0.25) is 5.78 Å². The topological polar surface area (TPSA) is 168 Å². The number of ether oxygens (including phenoxy) is 1.